The second-order valence-electron chi connectivity index (χ2n) is 5.03. The molecule has 1 fully saturated rings. The summed E-state index contributed by atoms with van der Waals surface area (Å²) in [6.45, 7) is 2.53. The van der Waals surface area contributed by atoms with E-state index in [4.69, 9.17) is 19.9 Å². The van der Waals surface area contributed by atoms with Crippen LogP contribution in [0.3, 0.4) is 0 Å². The van der Waals surface area contributed by atoms with E-state index in [1.807, 2.05) is 6.92 Å². The predicted octanol–water partition coefficient (Wildman–Crippen LogP) is 2.01. The van der Waals surface area contributed by atoms with E-state index >= 15 is 0 Å². The van der Waals surface area contributed by atoms with Crippen molar-refractivity contribution < 1.29 is 19.0 Å². The zero-order chi connectivity index (χ0) is 14.9. The molecule has 1 saturated heterocycles. The third-order valence-electron chi connectivity index (χ3n) is 3.77. The van der Waals surface area contributed by atoms with Gasteiger partial charge in [-0.05, 0) is 35.0 Å². The van der Waals surface area contributed by atoms with Crippen molar-refractivity contribution in [2.24, 2.45) is 11.1 Å². The molecule has 110 valence electrons. The number of Topliss-reactive ketones (excluding diaryl/α,β-unsaturated/α-hetero) is 1. The summed E-state index contributed by atoms with van der Waals surface area (Å²) in [7, 11) is 3.08. The number of carbonyl (C=O) groups is 1. The topological polar surface area (TPSA) is 70.8 Å². The summed E-state index contributed by atoms with van der Waals surface area (Å²) in [6.07, 6.45) is 0. The number of nitrogens with two attached hydrogens (primary N) is 1. The van der Waals surface area contributed by atoms with Crippen molar-refractivity contribution in [2.45, 2.75) is 13.0 Å². The van der Waals surface area contributed by atoms with Crippen molar-refractivity contribution in [3.05, 3.63) is 22.2 Å². The van der Waals surface area contributed by atoms with Crippen molar-refractivity contribution in [3.63, 3.8) is 0 Å². The summed E-state index contributed by atoms with van der Waals surface area (Å²) >= 11 is 3.40. The van der Waals surface area contributed by atoms with Crippen LogP contribution in [-0.2, 0) is 4.74 Å². The highest BCUT2D eigenvalue weighted by Gasteiger charge is 2.45. The molecule has 0 amide bonds. The second-order valence-corrected chi connectivity index (χ2v) is 5.82. The van der Waals surface area contributed by atoms with E-state index in [0.29, 0.717) is 34.7 Å². The van der Waals surface area contributed by atoms with Gasteiger partial charge in [-0.25, -0.2) is 0 Å². The molecular formula is C14H18BrNO4. The molecule has 2 atom stereocenters. The average molecular weight is 344 g/mol. The number of rotatable bonds is 4. The maximum atomic E-state index is 12.8. The minimum atomic E-state index is -0.735. The summed E-state index contributed by atoms with van der Waals surface area (Å²) in [6, 6.07) is 3.10. The molecular weight excluding hydrogens is 326 g/mol. The van der Waals surface area contributed by atoms with Crippen LogP contribution in [0, 0.1) is 5.41 Å². The molecule has 0 saturated carbocycles. The summed E-state index contributed by atoms with van der Waals surface area (Å²) in [5.41, 5.74) is 5.75. The van der Waals surface area contributed by atoms with Gasteiger partial charge in [0.1, 0.15) is 16.0 Å². The fourth-order valence-corrected chi connectivity index (χ4v) is 2.97. The minimum Gasteiger partial charge on any atom is -0.495 e. The van der Waals surface area contributed by atoms with Gasteiger partial charge in [0.15, 0.2) is 5.78 Å². The first-order valence-electron chi connectivity index (χ1n) is 6.24. The molecule has 1 aliphatic rings. The lowest BCUT2D eigenvalue weighted by Crippen LogP contribution is -2.44. The maximum absolute atomic E-state index is 12.8. The van der Waals surface area contributed by atoms with Gasteiger partial charge in [0.25, 0.3) is 0 Å². The summed E-state index contributed by atoms with van der Waals surface area (Å²) in [5, 5.41) is 0. The van der Waals surface area contributed by atoms with Gasteiger partial charge in [-0.3, -0.25) is 4.79 Å². The Morgan fingerprint density at radius 1 is 1.45 bits per heavy atom. The van der Waals surface area contributed by atoms with Crippen LogP contribution in [0.15, 0.2) is 16.6 Å². The molecule has 1 aromatic rings. The number of carbonyl (C=O) groups excluding carboxylic acids is 1. The van der Waals surface area contributed by atoms with Crippen LogP contribution < -0.4 is 15.2 Å². The SMILES string of the molecule is COc1ccc(C(=O)C2(C)COCC2N)c(OC)c1Br. The molecule has 1 aromatic carbocycles. The highest BCUT2D eigenvalue weighted by molar-refractivity contribution is 9.10. The van der Waals surface area contributed by atoms with Crippen LogP contribution >= 0.6 is 15.9 Å². The van der Waals surface area contributed by atoms with Crippen LogP contribution in [0.2, 0.25) is 0 Å². The van der Waals surface area contributed by atoms with Crippen LogP contribution in [0.1, 0.15) is 17.3 Å². The first-order chi connectivity index (χ1) is 9.45. The van der Waals surface area contributed by atoms with Crippen molar-refractivity contribution in [1.29, 1.82) is 0 Å². The van der Waals surface area contributed by atoms with Crippen molar-refractivity contribution in [2.75, 3.05) is 27.4 Å². The Morgan fingerprint density at radius 2 is 2.15 bits per heavy atom. The van der Waals surface area contributed by atoms with E-state index in [0.717, 1.165) is 0 Å². The van der Waals surface area contributed by atoms with Gasteiger partial charge in [-0.1, -0.05) is 0 Å². The summed E-state index contributed by atoms with van der Waals surface area (Å²) in [4.78, 5) is 12.8. The third kappa shape index (κ3) is 2.32. The Morgan fingerprint density at radius 3 is 2.65 bits per heavy atom. The highest BCUT2D eigenvalue weighted by atomic mass is 79.9. The number of methoxy groups -OCH3 is 2. The smallest absolute Gasteiger partial charge is 0.176 e. The first-order valence-corrected chi connectivity index (χ1v) is 7.03. The monoisotopic (exact) mass is 343 g/mol. The molecule has 1 aliphatic heterocycles. The Bertz CT molecular complexity index is 534. The van der Waals surface area contributed by atoms with E-state index < -0.39 is 5.41 Å². The molecule has 2 unspecified atom stereocenters. The molecule has 0 spiro atoms. The van der Waals surface area contributed by atoms with Crippen LogP contribution in [0.4, 0.5) is 0 Å². The Hall–Kier alpha value is -1.11. The fraction of sp³-hybridized carbons (Fsp3) is 0.500. The Balaban J connectivity index is 2.47. The first kappa shape index (κ1) is 15.3. The maximum Gasteiger partial charge on any atom is 0.176 e. The van der Waals surface area contributed by atoms with E-state index in [-0.39, 0.29) is 11.8 Å². The standard InChI is InChI=1S/C14H18BrNO4/c1-14(7-20-6-10(14)16)13(17)8-4-5-9(18-2)11(15)12(8)19-3/h4-5,10H,6-7,16H2,1-3H3. The number of halogens is 1. The quantitative estimate of drug-likeness (QED) is 0.846. The van der Waals surface area contributed by atoms with Crippen molar-refractivity contribution in [3.8, 4) is 11.5 Å². The molecule has 0 aromatic heterocycles. The molecule has 0 radical (unpaired) electrons. The van der Waals surface area contributed by atoms with Crippen LogP contribution in [-0.4, -0.2) is 39.3 Å². The van der Waals surface area contributed by atoms with Gasteiger partial charge < -0.3 is 19.9 Å². The normalized spacial score (nSPS) is 25.6. The zero-order valence-electron chi connectivity index (χ0n) is 11.7. The lowest BCUT2D eigenvalue weighted by Gasteiger charge is -2.26. The van der Waals surface area contributed by atoms with Gasteiger partial charge in [0.2, 0.25) is 0 Å². The molecule has 6 heteroatoms. The van der Waals surface area contributed by atoms with Gasteiger partial charge >= 0.3 is 0 Å². The number of hydrogen-bond donors (Lipinski definition) is 1. The van der Waals surface area contributed by atoms with Gasteiger partial charge in [-0.15, -0.1) is 0 Å². The Labute approximate surface area is 126 Å². The molecule has 2 N–H and O–H groups in total. The largest absolute Gasteiger partial charge is 0.495 e. The molecule has 0 aliphatic carbocycles. The van der Waals surface area contributed by atoms with Crippen LogP contribution in [0.25, 0.3) is 0 Å². The van der Waals surface area contributed by atoms with E-state index in [1.54, 1.807) is 19.2 Å². The average Bonchev–Trinajstić information content (AvgIpc) is 2.78. The zero-order valence-corrected chi connectivity index (χ0v) is 13.3. The number of hydrogen-bond acceptors (Lipinski definition) is 5. The number of benzene rings is 1. The van der Waals surface area contributed by atoms with Gasteiger partial charge in [0, 0.05) is 6.04 Å². The lowest BCUT2D eigenvalue weighted by molar-refractivity contribution is 0.0764. The molecule has 1 heterocycles. The van der Waals surface area contributed by atoms with E-state index in [2.05, 4.69) is 15.9 Å². The summed E-state index contributed by atoms with van der Waals surface area (Å²) < 4.78 is 16.5. The lowest BCUT2D eigenvalue weighted by atomic mass is 9.78. The molecule has 2 rings (SSSR count). The molecule has 0 bridgehead atoms. The summed E-state index contributed by atoms with van der Waals surface area (Å²) in [5.74, 6) is 0.980. The third-order valence-corrected chi connectivity index (χ3v) is 4.52. The Kier molecular flexibility index (Phi) is 4.36. The second kappa shape index (κ2) is 5.71. The van der Waals surface area contributed by atoms with E-state index in [9.17, 15) is 4.79 Å². The van der Waals surface area contributed by atoms with Crippen molar-refractivity contribution in [1.82, 2.24) is 0 Å². The highest BCUT2D eigenvalue weighted by Crippen LogP contribution is 2.41. The molecule has 5 nitrogen and oxygen atoms in total. The fourth-order valence-electron chi connectivity index (χ4n) is 2.30. The number of ether oxygens (including phenoxy) is 3. The molecule has 20 heavy (non-hydrogen) atoms. The van der Waals surface area contributed by atoms with Crippen molar-refractivity contribution >= 4 is 21.7 Å². The van der Waals surface area contributed by atoms with Gasteiger partial charge in [-0.2, -0.15) is 0 Å². The minimum absolute atomic E-state index is 0.0808. The van der Waals surface area contributed by atoms with Crippen LogP contribution in [0.5, 0.6) is 11.5 Å². The van der Waals surface area contributed by atoms with Gasteiger partial charge in [0.05, 0.1) is 38.4 Å². The number of ketones is 1. The van der Waals surface area contributed by atoms with E-state index in [1.165, 1.54) is 7.11 Å². The predicted molar refractivity (Wildman–Crippen MR) is 78.5 cm³/mol.